The van der Waals surface area contributed by atoms with E-state index in [0.29, 0.717) is 16.5 Å². The van der Waals surface area contributed by atoms with Gasteiger partial charge >= 0.3 is 0 Å². The van der Waals surface area contributed by atoms with Gasteiger partial charge in [-0.3, -0.25) is 4.72 Å². The first-order valence-electron chi connectivity index (χ1n) is 7.54. The molecule has 0 saturated carbocycles. The second-order valence-electron chi connectivity index (χ2n) is 5.56. The van der Waals surface area contributed by atoms with Crippen molar-refractivity contribution in [2.75, 3.05) is 17.8 Å². The van der Waals surface area contributed by atoms with Crippen LogP contribution in [0.4, 0.5) is 5.69 Å². The molecule has 0 unspecified atom stereocenters. The van der Waals surface area contributed by atoms with Crippen molar-refractivity contribution in [3.05, 3.63) is 60.2 Å². The molecule has 0 aromatic heterocycles. The second-order valence-corrected chi connectivity index (χ2v) is 7.25. The lowest BCUT2D eigenvalue weighted by Crippen LogP contribution is -2.26. The average Bonchev–Trinajstić information content (AvgIpc) is 2.56. The fraction of sp³-hybridized carbons (Fsp3) is 0.294. The summed E-state index contributed by atoms with van der Waals surface area (Å²) in [6.07, 6.45) is 2.21. The highest BCUT2D eigenvalue weighted by Gasteiger charge is 2.17. The topological polar surface area (TPSA) is 58.2 Å². The first-order valence-corrected chi connectivity index (χ1v) is 9.02. The highest BCUT2D eigenvalue weighted by atomic mass is 32.2. The summed E-state index contributed by atoms with van der Waals surface area (Å²) in [5.74, 6) is 0.528. The Kier molecular flexibility index (Phi) is 4.45. The number of hydrogen-bond acceptors (Lipinski definition) is 3. The van der Waals surface area contributed by atoms with E-state index in [2.05, 4.69) is 10.0 Å². The smallest absolute Gasteiger partial charge is 0.261 e. The van der Waals surface area contributed by atoms with E-state index in [4.69, 9.17) is 0 Å². The zero-order valence-corrected chi connectivity index (χ0v) is 13.1. The first-order chi connectivity index (χ1) is 10.6. The van der Waals surface area contributed by atoms with Crippen molar-refractivity contribution in [1.82, 2.24) is 5.32 Å². The zero-order chi connectivity index (χ0) is 15.4. The number of nitrogens with one attached hydrogen (secondary N) is 2. The van der Waals surface area contributed by atoms with Gasteiger partial charge in [0, 0.05) is 5.69 Å². The SMILES string of the molecule is O=S(=O)(Nc1ccccc1)c1ccc(C2CCNCC2)cc1. The summed E-state index contributed by atoms with van der Waals surface area (Å²) in [5, 5.41) is 3.34. The maximum Gasteiger partial charge on any atom is 0.261 e. The third-order valence-corrected chi connectivity index (χ3v) is 5.42. The molecule has 4 nitrogen and oxygen atoms in total. The number of anilines is 1. The molecule has 0 amide bonds. The minimum absolute atomic E-state index is 0.300. The van der Waals surface area contributed by atoms with Crippen molar-refractivity contribution in [2.24, 2.45) is 0 Å². The fourth-order valence-corrected chi connectivity index (χ4v) is 3.85. The molecule has 3 rings (SSSR count). The standard InChI is InChI=1S/C17H20N2O2S/c20-22(21,19-16-4-2-1-3-5-16)17-8-6-14(7-9-17)15-10-12-18-13-11-15/h1-9,15,18-19H,10-13H2. The quantitative estimate of drug-likeness (QED) is 0.912. The number of rotatable bonds is 4. The monoisotopic (exact) mass is 316 g/mol. The second kappa shape index (κ2) is 6.50. The van der Waals surface area contributed by atoms with Crippen LogP contribution in [0.25, 0.3) is 0 Å². The Hall–Kier alpha value is -1.85. The summed E-state index contributed by atoms with van der Waals surface area (Å²) in [6, 6.07) is 16.2. The zero-order valence-electron chi connectivity index (χ0n) is 12.3. The van der Waals surface area contributed by atoms with E-state index in [1.165, 1.54) is 5.56 Å². The molecule has 116 valence electrons. The molecule has 0 aliphatic carbocycles. The molecule has 1 aliphatic rings. The van der Waals surface area contributed by atoms with Gasteiger partial charge in [0.15, 0.2) is 0 Å². The number of benzene rings is 2. The van der Waals surface area contributed by atoms with Crippen molar-refractivity contribution in [1.29, 1.82) is 0 Å². The molecule has 2 aromatic carbocycles. The molecule has 22 heavy (non-hydrogen) atoms. The minimum atomic E-state index is -3.52. The Bertz CT molecular complexity index is 706. The van der Waals surface area contributed by atoms with Gasteiger partial charge in [-0.2, -0.15) is 0 Å². The van der Waals surface area contributed by atoms with Crippen LogP contribution in [0, 0.1) is 0 Å². The normalized spacial score (nSPS) is 16.4. The first kappa shape index (κ1) is 15.1. The van der Waals surface area contributed by atoms with Crippen molar-refractivity contribution in [3.63, 3.8) is 0 Å². The predicted octanol–water partition coefficient (Wildman–Crippen LogP) is 2.95. The summed E-state index contributed by atoms with van der Waals surface area (Å²) in [6.45, 7) is 2.06. The lowest BCUT2D eigenvalue weighted by atomic mass is 9.90. The summed E-state index contributed by atoms with van der Waals surface area (Å²) < 4.78 is 27.3. The molecule has 1 saturated heterocycles. The van der Waals surface area contributed by atoms with E-state index in [-0.39, 0.29) is 0 Å². The Morgan fingerprint density at radius 2 is 1.55 bits per heavy atom. The van der Waals surface area contributed by atoms with Crippen LogP contribution in [0.15, 0.2) is 59.5 Å². The summed E-state index contributed by atoms with van der Waals surface area (Å²) in [7, 11) is -3.52. The third kappa shape index (κ3) is 3.48. The van der Waals surface area contributed by atoms with Gasteiger partial charge in [0.05, 0.1) is 4.90 Å². The van der Waals surface area contributed by atoms with Gasteiger partial charge in [0.25, 0.3) is 10.0 Å². The van der Waals surface area contributed by atoms with Crippen LogP contribution < -0.4 is 10.0 Å². The van der Waals surface area contributed by atoms with E-state index in [1.54, 1.807) is 36.4 Å². The van der Waals surface area contributed by atoms with E-state index < -0.39 is 10.0 Å². The molecular formula is C17H20N2O2S. The number of hydrogen-bond donors (Lipinski definition) is 2. The largest absolute Gasteiger partial charge is 0.317 e. The van der Waals surface area contributed by atoms with Crippen molar-refractivity contribution in [2.45, 2.75) is 23.7 Å². The van der Waals surface area contributed by atoms with Crippen LogP contribution in [0.2, 0.25) is 0 Å². The molecule has 2 N–H and O–H groups in total. The maximum absolute atomic E-state index is 12.4. The Balaban J connectivity index is 1.76. The molecule has 1 aliphatic heterocycles. The van der Waals surface area contributed by atoms with E-state index in [0.717, 1.165) is 25.9 Å². The molecule has 0 radical (unpaired) electrons. The lowest BCUT2D eigenvalue weighted by Gasteiger charge is -2.23. The van der Waals surface area contributed by atoms with Gasteiger partial charge in [0.2, 0.25) is 0 Å². The van der Waals surface area contributed by atoms with Crippen molar-refractivity contribution in [3.8, 4) is 0 Å². The minimum Gasteiger partial charge on any atom is -0.317 e. The average molecular weight is 316 g/mol. The third-order valence-electron chi connectivity index (χ3n) is 4.03. The molecule has 0 spiro atoms. The summed E-state index contributed by atoms with van der Waals surface area (Å²) >= 11 is 0. The molecule has 1 heterocycles. The van der Waals surface area contributed by atoms with E-state index in [9.17, 15) is 8.42 Å². The highest BCUT2D eigenvalue weighted by molar-refractivity contribution is 7.92. The van der Waals surface area contributed by atoms with Gasteiger partial charge in [0.1, 0.15) is 0 Å². The van der Waals surface area contributed by atoms with Crippen LogP contribution in [0.5, 0.6) is 0 Å². The highest BCUT2D eigenvalue weighted by Crippen LogP contribution is 2.26. The van der Waals surface area contributed by atoms with Crippen molar-refractivity contribution >= 4 is 15.7 Å². The number of para-hydroxylation sites is 1. The van der Waals surface area contributed by atoms with Gasteiger partial charge < -0.3 is 5.32 Å². The van der Waals surface area contributed by atoms with Crippen LogP contribution in [0.3, 0.4) is 0 Å². The lowest BCUT2D eigenvalue weighted by molar-refractivity contribution is 0.460. The molecule has 0 bridgehead atoms. The Morgan fingerprint density at radius 3 is 2.18 bits per heavy atom. The Morgan fingerprint density at radius 1 is 0.909 bits per heavy atom. The Labute approximate surface area is 131 Å². The summed E-state index contributed by atoms with van der Waals surface area (Å²) in [5.41, 5.74) is 1.80. The fourth-order valence-electron chi connectivity index (χ4n) is 2.79. The molecular weight excluding hydrogens is 296 g/mol. The van der Waals surface area contributed by atoms with E-state index >= 15 is 0 Å². The van der Waals surface area contributed by atoms with Crippen LogP contribution in [-0.2, 0) is 10.0 Å². The van der Waals surface area contributed by atoms with Gasteiger partial charge in [-0.15, -0.1) is 0 Å². The van der Waals surface area contributed by atoms with Gasteiger partial charge in [-0.25, -0.2) is 8.42 Å². The maximum atomic E-state index is 12.4. The van der Waals surface area contributed by atoms with Gasteiger partial charge in [-0.05, 0) is 61.7 Å². The number of piperidine rings is 1. The van der Waals surface area contributed by atoms with Crippen molar-refractivity contribution < 1.29 is 8.42 Å². The molecule has 0 atom stereocenters. The summed E-state index contributed by atoms with van der Waals surface area (Å²) in [4.78, 5) is 0.300. The van der Waals surface area contributed by atoms with Crippen LogP contribution in [0.1, 0.15) is 24.3 Å². The van der Waals surface area contributed by atoms with Gasteiger partial charge in [-0.1, -0.05) is 30.3 Å². The molecule has 2 aromatic rings. The molecule has 1 fully saturated rings. The van der Waals surface area contributed by atoms with E-state index in [1.807, 2.05) is 18.2 Å². The van der Waals surface area contributed by atoms with Crippen LogP contribution in [-0.4, -0.2) is 21.5 Å². The molecule has 5 heteroatoms. The predicted molar refractivity (Wildman–Crippen MR) is 88.5 cm³/mol. The van der Waals surface area contributed by atoms with Crippen LogP contribution >= 0.6 is 0 Å². The number of sulfonamides is 1.